The summed E-state index contributed by atoms with van der Waals surface area (Å²) >= 11 is 0. The Kier molecular flexibility index (Phi) is 8.63. The van der Waals surface area contributed by atoms with Gasteiger partial charge in [-0.1, -0.05) is 30.3 Å². The molecule has 0 amide bonds. The third-order valence-electron chi connectivity index (χ3n) is 4.17. The minimum absolute atomic E-state index is 0.00159. The molecule has 9 nitrogen and oxygen atoms in total. The maximum Gasteiger partial charge on any atom is 0.322 e. The van der Waals surface area contributed by atoms with Gasteiger partial charge in [0.25, 0.3) is 0 Å². The van der Waals surface area contributed by atoms with Crippen molar-refractivity contribution in [2.75, 3.05) is 13.2 Å². The monoisotopic (exact) mass is 434 g/mol. The summed E-state index contributed by atoms with van der Waals surface area (Å²) in [5.74, 6) is -0.679. The highest BCUT2D eigenvalue weighted by molar-refractivity contribution is 7.89. The molecular weight excluding hydrogens is 408 g/mol. The van der Waals surface area contributed by atoms with Gasteiger partial charge in [0.15, 0.2) is 5.96 Å². The Labute approximate surface area is 175 Å². The van der Waals surface area contributed by atoms with E-state index in [4.69, 9.17) is 15.9 Å². The number of carbonyl (C=O) groups is 1. The molecule has 0 aliphatic heterocycles. The van der Waals surface area contributed by atoms with Crippen LogP contribution in [0.1, 0.15) is 18.4 Å². The molecule has 10 heteroatoms. The van der Waals surface area contributed by atoms with Gasteiger partial charge in [0.2, 0.25) is 10.0 Å². The van der Waals surface area contributed by atoms with Crippen LogP contribution >= 0.6 is 0 Å². The van der Waals surface area contributed by atoms with E-state index >= 15 is 0 Å². The Morgan fingerprint density at radius 2 is 1.77 bits per heavy atom. The molecule has 0 spiro atoms. The van der Waals surface area contributed by atoms with Crippen LogP contribution < -0.4 is 20.5 Å². The maximum absolute atomic E-state index is 12.4. The van der Waals surface area contributed by atoms with Crippen LogP contribution in [-0.2, 0) is 21.2 Å². The van der Waals surface area contributed by atoms with E-state index in [0.29, 0.717) is 24.5 Å². The van der Waals surface area contributed by atoms with E-state index in [1.165, 1.54) is 12.1 Å². The number of benzene rings is 2. The number of nitrogens with two attached hydrogens (primary N) is 1. The van der Waals surface area contributed by atoms with Gasteiger partial charge in [0, 0.05) is 6.54 Å². The topological polar surface area (TPSA) is 155 Å². The van der Waals surface area contributed by atoms with Crippen LogP contribution in [-0.4, -0.2) is 44.6 Å². The van der Waals surface area contributed by atoms with E-state index in [0.717, 1.165) is 12.8 Å². The number of carboxylic acid groups (broad SMARTS) is 1. The van der Waals surface area contributed by atoms with Gasteiger partial charge in [-0.3, -0.25) is 10.2 Å². The van der Waals surface area contributed by atoms with Gasteiger partial charge >= 0.3 is 5.97 Å². The molecule has 162 valence electrons. The number of rotatable bonds is 12. The first-order valence-corrected chi connectivity index (χ1v) is 10.9. The predicted octanol–water partition coefficient (Wildman–Crippen LogP) is 1.30. The number of guanidine groups is 1. The zero-order chi connectivity index (χ0) is 22.0. The van der Waals surface area contributed by atoms with Crippen molar-refractivity contribution in [2.24, 2.45) is 5.73 Å². The number of carboxylic acids is 1. The summed E-state index contributed by atoms with van der Waals surface area (Å²) in [6.45, 7) is 1.10. The highest BCUT2D eigenvalue weighted by Crippen LogP contribution is 2.15. The van der Waals surface area contributed by atoms with Crippen molar-refractivity contribution in [1.29, 1.82) is 5.41 Å². The summed E-state index contributed by atoms with van der Waals surface area (Å²) in [7, 11) is -3.94. The minimum Gasteiger partial charge on any atom is -0.494 e. The van der Waals surface area contributed by atoms with E-state index in [1.54, 1.807) is 42.5 Å². The third-order valence-corrected chi connectivity index (χ3v) is 5.66. The molecule has 0 saturated carbocycles. The number of hydrogen-bond acceptors (Lipinski definition) is 5. The lowest BCUT2D eigenvalue weighted by molar-refractivity contribution is -0.138. The average Bonchev–Trinajstić information content (AvgIpc) is 2.71. The third kappa shape index (κ3) is 7.72. The Morgan fingerprint density at radius 1 is 1.10 bits per heavy atom. The smallest absolute Gasteiger partial charge is 0.322 e. The Morgan fingerprint density at radius 3 is 2.37 bits per heavy atom. The quantitative estimate of drug-likeness (QED) is 0.192. The minimum atomic E-state index is -3.94. The summed E-state index contributed by atoms with van der Waals surface area (Å²) in [4.78, 5) is 11.6. The Balaban J connectivity index is 1.89. The molecule has 0 aliphatic carbocycles. The maximum atomic E-state index is 12.4. The van der Waals surface area contributed by atoms with Crippen molar-refractivity contribution in [3.63, 3.8) is 0 Å². The van der Waals surface area contributed by atoms with Crippen LogP contribution in [0.15, 0.2) is 59.5 Å². The first-order chi connectivity index (χ1) is 14.3. The van der Waals surface area contributed by atoms with Crippen molar-refractivity contribution in [2.45, 2.75) is 30.2 Å². The van der Waals surface area contributed by atoms with Crippen LogP contribution in [0.2, 0.25) is 0 Å². The lowest BCUT2D eigenvalue weighted by Gasteiger charge is -2.15. The molecular formula is C20H26N4O5S. The Hall–Kier alpha value is -3.11. The molecule has 30 heavy (non-hydrogen) atoms. The summed E-state index contributed by atoms with van der Waals surface area (Å²) < 4.78 is 32.7. The fraction of sp³-hybridized carbons (Fsp3) is 0.300. The van der Waals surface area contributed by atoms with E-state index < -0.39 is 22.0 Å². The van der Waals surface area contributed by atoms with Gasteiger partial charge in [0.05, 0.1) is 11.5 Å². The van der Waals surface area contributed by atoms with Gasteiger partial charge in [0.1, 0.15) is 11.8 Å². The fourth-order valence-corrected chi connectivity index (χ4v) is 3.84. The largest absolute Gasteiger partial charge is 0.494 e. The van der Waals surface area contributed by atoms with Crippen molar-refractivity contribution in [1.82, 2.24) is 10.0 Å². The van der Waals surface area contributed by atoms with Crippen LogP contribution in [0.4, 0.5) is 0 Å². The Bertz CT molecular complexity index is 933. The lowest BCUT2D eigenvalue weighted by atomic mass is 10.1. The van der Waals surface area contributed by atoms with Crippen LogP contribution in [0, 0.1) is 5.41 Å². The summed E-state index contributed by atoms with van der Waals surface area (Å²) in [5, 5.41) is 19.2. The normalized spacial score (nSPS) is 12.1. The van der Waals surface area contributed by atoms with Crippen LogP contribution in [0.3, 0.4) is 0 Å². The number of unbranched alkanes of at least 4 members (excludes halogenated alkanes) is 1. The number of ether oxygens (including phenoxy) is 1. The highest BCUT2D eigenvalue weighted by Gasteiger charge is 2.25. The van der Waals surface area contributed by atoms with Gasteiger partial charge in [-0.25, -0.2) is 8.42 Å². The van der Waals surface area contributed by atoms with Gasteiger partial charge in [-0.05, 0) is 49.1 Å². The standard InChI is InChI=1S/C20H26N4O5S/c21-20(22)23-12-4-5-13-29-16-10-8-15(9-11-16)14-18(19(25)26)24-30(27,28)17-6-2-1-3-7-17/h1-3,6-11,18,24H,4-5,12-14H2,(H,25,26)(H4,21,22,23)/t18-/m0/s1. The molecule has 2 aromatic carbocycles. The van der Waals surface area contributed by atoms with E-state index in [2.05, 4.69) is 10.0 Å². The average molecular weight is 435 g/mol. The molecule has 0 radical (unpaired) electrons. The summed E-state index contributed by atoms with van der Waals surface area (Å²) in [5.41, 5.74) is 5.86. The molecule has 2 rings (SSSR count). The number of hydrogen-bond donors (Lipinski definition) is 5. The molecule has 0 aliphatic rings. The molecule has 0 saturated heterocycles. The first kappa shape index (κ1) is 23.2. The van der Waals surface area contributed by atoms with Crippen molar-refractivity contribution in [3.8, 4) is 5.75 Å². The predicted molar refractivity (Wildman–Crippen MR) is 113 cm³/mol. The van der Waals surface area contributed by atoms with Crippen molar-refractivity contribution in [3.05, 3.63) is 60.2 Å². The van der Waals surface area contributed by atoms with Crippen molar-refractivity contribution < 1.29 is 23.1 Å². The number of nitrogens with one attached hydrogen (secondary N) is 3. The second-order valence-corrected chi connectivity index (χ2v) is 8.28. The molecule has 0 fully saturated rings. The van der Waals surface area contributed by atoms with Crippen LogP contribution in [0.25, 0.3) is 0 Å². The lowest BCUT2D eigenvalue weighted by Crippen LogP contribution is -2.42. The van der Waals surface area contributed by atoms with E-state index in [-0.39, 0.29) is 17.3 Å². The van der Waals surface area contributed by atoms with E-state index in [9.17, 15) is 18.3 Å². The molecule has 1 atom stereocenters. The SMILES string of the molecule is N=C(N)NCCCCOc1ccc(C[C@H](NS(=O)(=O)c2ccccc2)C(=O)O)cc1. The molecule has 0 aromatic heterocycles. The molecule has 2 aromatic rings. The van der Waals surface area contributed by atoms with Gasteiger partial charge in [-0.2, -0.15) is 4.72 Å². The molecule has 0 bridgehead atoms. The second-order valence-electron chi connectivity index (χ2n) is 6.57. The summed E-state index contributed by atoms with van der Waals surface area (Å²) in [6, 6.07) is 13.2. The molecule has 0 unspecified atom stereocenters. The second kappa shape index (κ2) is 11.2. The van der Waals surface area contributed by atoms with Gasteiger partial charge < -0.3 is 20.9 Å². The van der Waals surface area contributed by atoms with Crippen molar-refractivity contribution >= 4 is 22.0 Å². The molecule has 6 N–H and O–H groups in total. The fourth-order valence-electron chi connectivity index (χ4n) is 2.63. The zero-order valence-electron chi connectivity index (χ0n) is 16.4. The number of sulfonamides is 1. The molecule has 0 heterocycles. The van der Waals surface area contributed by atoms with Crippen LogP contribution in [0.5, 0.6) is 5.75 Å². The number of aliphatic carboxylic acids is 1. The highest BCUT2D eigenvalue weighted by atomic mass is 32.2. The summed E-state index contributed by atoms with van der Waals surface area (Å²) in [6.07, 6.45) is 1.59. The van der Waals surface area contributed by atoms with Gasteiger partial charge in [-0.15, -0.1) is 0 Å². The zero-order valence-corrected chi connectivity index (χ0v) is 17.2. The van der Waals surface area contributed by atoms with E-state index in [1.807, 2.05) is 0 Å². The first-order valence-electron chi connectivity index (χ1n) is 9.38.